The van der Waals surface area contributed by atoms with E-state index < -0.39 is 30.8 Å². The molecule has 0 aromatic heterocycles. The number of alkyl halides is 3. The molecular weight excluding hydrogens is 721 g/mol. The summed E-state index contributed by atoms with van der Waals surface area (Å²) in [4.78, 5) is 41.0. The fourth-order valence-electron chi connectivity index (χ4n) is 6.92. The fraction of sp³-hybridized carbons (Fsp3) is 0.889. The van der Waals surface area contributed by atoms with Crippen molar-refractivity contribution >= 4 is 18.0 Å². The van der Waals surface area contributed by atoms with Crippen molar-refractivity contribution in [3.05, 3.63) is 12.2 Å². The normalized spacial score (nSPS) is 14.2. The molecule has 1 saturated heterocycles. The van der Waals surface area contributed by atoms with E-state index in [1.807, 2.05) is 0 Å². The number of esters is 2. The molecule has 1 heterocycles. The van der Waals surface area contributed by atoms with E-state index in [1.54, 1.807) is 4.90 Å². The SMILES string of the molecule is CCCCCCCC/C=C\CCCCCCCC(=O)OC(COC(=O)CCCCCCCCCCCCCCC)COC(=O)N(C)C1CN(CCC(F)(F)F)C1. The van der Waals surface area contributed by atoms with E-state index in [-0.39, 0.29) is 44.6 Å². The fourth-order valence-corrected chi connectivity index (χ4v) is 6.92. The van der Waals surface area contributed by atoms with Gasteiger partial charge in [-0.05, 0) is 38.5 Å². The molecule has 0 aliphatic carbocycles. The van der Waals surface area contributed by atoms with Crippen LogP contribution < -0.4 is 0 Å². The first-order valence-corrected chi connectivity index (χ1v) is 22.7. The van der Waals surface area contributed by atoms with Crippen molar-refractivity contribution in [3.8, 4) is 0 Å². The lowest BCUT2D eigenvalue weighted by molar-refractivity contribution is -0.161. The third-order valence-electron chi connectivity index (χ3n) is 10.7. The minimum atomic E-state index is -4.22. The predicted octanol–water partition coefficient (Wildman–Crippen LogP) is 12.7. The second-order valence-corrected chi connectivity index (χ2v) is 16.1. The zero-order valence-electron chi connectivity index (χ0n) is 35.8. The number of ether oxygens (including phenoxy) is 3. The number of likely N-dealkylation sites (N-methyl/N-ethyl adjacent to an activating group) is 1. The van der Waals surface area contributed by atoms with Crippen LogP contribution in [0.5, 0.6) is 0 Å². The Hall–Kier alpha value is -2.30. The van der Waals surface area contributed by atoms with Gasteiger partial charge in [0, 0.05) is 39.5 Å². The number of carbonyl (C=O) groups is 3. The van der Waals surface area contributed by atoms with Crippen molar-refractivity contribution in [2.45, 2.75) is 218 Å². The lowest BCUT2D eigenvalue weighted by Gasteiger charge is -2.43. The topological polar surface area (TPSA) is 85.4 Å². The van der Waals surface area contributed by atoms with Crippen molar-refractivity contribution in [2.24, 2.45) is 0 Å². The van der Waals surface area contributed by atoms with Crippen LogP contribution in [0.3, 0.4) is 0 Å². The maximum absolute atomic E-state index is 12.8. The molecule has 1 aliphatic heterocycles. The molecule has 328 valence electrons. The van der Waals surface area contributed by atoms with Crippen LogP contribution in [0.15, 0.2) is 12.2 Å². The summed E-state index contributed by atoms with van der Waals surface area (Å²) in [6, 6.07) is -0.268. The highest BCUT2D eigenvalue weighted by Crippen LogP contribution is 2.23. The lowest BCUT2D eigenvalue weighted by Crippen LogP contribution is -2.60. The first kappa shape index (κ1) is 51.7. The number of likely N-dealkylation sites (tertiary alicyclic amines) is 1. The molecule has 0 spiro atoms. The highest BCUT2D eigenvalue weighted by atomic mass is 19.4. The first-order chi connectivity index (χ1) is 27.1. The summed E-state index contributed by atoms with van der Waals surface area (Å²) in [7, 11) is 1.54. The van der Waals surface area contributed by atoms with Crippen molar-refractivity contribution in [1.29, 1.82) is 0 Å². The van der Waals surface area contributed by atoms with Gasteiger partial charge in [-0.2, -0.15) is 13.2 Å². The molecule has 0 aromatic carbocycles. The number of rotatable bonds is 37. The van der Waals surface area contributed by atoms with E-state index in [4.69, 9.17) is 14.2 Å². The second kappa shape index (κ2) is 34.7. The summed E-state index contributed by atoms with van der Waals surface area (Å²) in [5.41, 5.74) is 0. The van der Waals surface area contributed by atoms with Crippen LogP contribution in [-0.2, 0) is 23.8 Å². The van der Waals surface area contributed by atoms with E-state index in [2.05, 4.69) is 26.0 Å². The molecule has 56 heavy (non-hydrogen) atoms. The van der Waals surface area contributed by atoms with Crippen LogP contribution in [0.2, 0.25) is 0 Å². The van der Waals surface area contributed by atoms with Crippen molar-refractivity contribution in [1.82, 2.24) is 9.80 Å². The van der Waals surface area contributed by atoms with Crippen LogP contribution >= 0.6 is 0 Å². The number of amides is 1. The first-order valence-electron chi connectivity index (χ1n) is 22.7. The summed E-state index contributed by atoms with van der Waals surface area (Å²) in [6.07, 6.45) is 29.2. The number of carbonyl (C=O) groups excluding carboxylic acids is 3. The molecule has 1 fully saturated rings. The molecule has 1 atom stereocenters. The molecule has 8 nitrogen and oxygen atoms in total. The van der Waals surface area contributed by atoms with Gasteiger partial charge in [0.1, 0.15) is 13.2 Å². The average Bonchev–Trinajstić information content (AvgIpc) is 3.14. The van der Waals surface area contributed by atoms with Crippen molar-refractivity contribution < 1.29 is 41.8 Å². The Bertz CT molecular complexity index is 1000. The van der Waals surface area contributed by atoms with Gasteiger partial charge in [-0.1, -0.05) is 154 Å². The van der Waals surface area contributed by atoms with Gasteiger partial charge in [-0.3, -0.25) is 14.5 Å². The standard InChI is InChI=1S/C45H81F3N2O6/c1-4-6-8-10-12-14-16-18-19-21-23-25-27-29-31-33-43(52)56-41(39-55-44(53)49(3)40-36-50(37-40)35-34-45(46,47)48)38-54-42(51)32-30-28-26-24-22-20-17-15-13-11-9-7-5-2/h18-19,40-41H,4-17,20-39H2,1-3H3/b19-18-. The number of hydrogen-bond donors (Lipinski definition) is 0. The van der Waals surface area contributed by atoms with Gasteiger partial charge in [-0.25, -0.2) is 4.79 Å². The molecule has 0 radical (unpaired) electrons. The Labute approximate surface area is 339 Å². The predicted molar refractivity (Wildman–Crippen MR) is 221 cm³/mol. The van der Waals surface area contributed by atoms with Gasteiger partial charge in [0.15, 0.2) is 6.10 Å². The Morgan fingerprint density at radius 1 is 0.625 bits per heavy atom. The number of unbranched alkanes of at least 4 members (excludes halogenated alkanes) is 23. The molecule has 0 bridgehead atoms. The van der Waals surface area contributed by atoms with Crippen molar-refractivity contribution in [3.63, 3.8) is 0 Å². The highest BCUT2D eigenvalue weighted by molar-refractivity contribution is 5.70. The van der Waals surface area contributed by atoms with E-state index in [1.165, 1.54) is 115 Å². The quantitative estimate of drug-likeness (QED) is 0.0268. The third kappa shape index (κ3) is 30.8. The number of allylic oxidation sites excluding steroid dienone is 2. The van der Waals surface area contributed by atoms with Gasteiger partial charge in [0.2, 0.25) is 0 Å². The van der Waals surface area contributed by atoms with E-state index in [0.717, 1.165) is 57.8 Å². The van der Waals surface area contributed by atoms with E-state index in [9.17, 15) is 27.6 Å². The molecule has 0 N–H and O–H groups in total. The Morgan fingerprint density at radius 2 is 1.04 bits per heavy atom. The molecule has 1 aliphatic rings. The smallest absolute Gasteiger partial charge is 0.409 e. The van der Waals surface area contributed by atoms with Crippen LogP contribution in [0, 0.1) is 0 Å². The molecular formula is C45H81F3N2O6. The Balaban J connectivity index is 2.35. The zero-order valence-corrected chi connectivity index (χ0v) is 35.8. The monoisotopic (exact) mass is 803 g/mol. The minimum absolute atomic E-state index is 0.109. The van der Waals surface area contributed by atoms with E-state index in [0.29, 0.717) is 19.5 Å². The summed E-state index contributed by atoms with van der Waals surface area (Å²) < 4.78 is 54.2. The van der Waals surface area contributed by atoms with Crippen LogP contribution in [0.25, 0.3) is 0 Å². The molecule has 11 heteroatoms. The average molecular weight is 803 g/mol. The largest absolute Gasteiger partial charge is 0.462 e. The van der Waals surface area contributed by atoms with Gasteiger partial charge in [-0.15, -0.1) is 0 Å². The maximum Gasteiger partial charge on any atom is 0.409 e. The number of hydrogen-bond acceptors (Lipinski definition) is 7. The van der Waals surface area contributed by atoms with Crippen LogP contribution in [0.4, 0.5) is 18.0 Å². The summed E-state index contributed by atoms with van der Waals surface area (Å²) >= 11 is 0. The van der Waals surface area contributed by atoms with Crippen LogP contribution in [0.1, 0.15) is 200 Å². The minimum Gasteiger partial charge on any atom is -0.462 e. The lowest BCUT2D eigenvalue weighted by atomic mass is 10.0. The number of nitrogens with zero attached hydrogens (tertiary/aromatic N) is 2. The van der Waals surface area contributed by atoms with Gasteiger partial charge < -0.3 is 19.1 Å². The summed E-state index contributed by atoms with van der Waals surface area (Å²) in [6.45, 7) is 4.54. The van der Waals surface area contributed by atoms with Crippen molar-refractivity contribution in [2.75, 3.05) is 39.9 Å². The number of halogens is 3. The zero-order chi connectivity index (χ0) is 41.1. The second-order valence-electron chi connectivity index (χ2n) is 16.1. The Kier molecular flexibility index (Phi) is 32.1. The van der Waals surface area contributed by atoms with Gasteiger partial charge in [0.25, 0.3) is 0 Å². The maximum atomic E-state index is 12.8. The van der Waals surface area contributed by atoms with Gasteiger partial charge in [0.05, 0.1) is 12.5 Å². The van der Waals surface area contributed by atoms with Crippen LogP contribution in [-0.4, -0.2) is 86.0 Å². The molecule has 1 amide bonds. The molecule has 0 saturated carbocycles. The molecule has 1 rings (SSSR count). The Morgan fingerprint density at radius 3 is 1.50 bits per heavy atom. The molecule has 0 aromatic rings. The molecule has 1 unspecified atom stereocenters. The van der Waals surface area contributed by atoms with E-state index >= 15 is 0 Å². The van der Waals surface area contributed by atoms with Gasteiger partial charge >= 0.3 is 24.2 Å². The third-order valence-corrected chi connectivity index (χ3v) is 10.7. The highest BCUT2D eigenvalue weighted by Gasteiger charge is 2.36. The summed E-state index contributed by atoms with van der Waals surface area (Å²) in [5, 5.41) is 0. The summed E-state index contributed by atoms with van der Waals surface area (Å²) in [5.74, 6) is -0.799.